The maximum Gasteiger partial charge on any atom is 0.267 e. The van der Waals surface area contributed by atoms with Crippen LogP contribution in [-0.2, 0) is 7.05 Å². The van der Waals surface area contributed by atoms with Crippen molar-refractivity contribution in [3.05, 3.63) is 59.9 Å². The minimum Gasteiger partial charge on any atom is -0.354 e. The minimum atomic E-state index is -0.0715. The summed E-state index contributed by atoms with van der Waals surface area (Å²) in [6.45, 7) is 4.01. The van der Waals surface area contributed by atoms with Crippen LogP contribution in [0.4, 0.5) is 5.82 Å². The second kappa shape index (κ2) is 10.4. The van der Waals surface area contributed by atoms with Crippen LogP contribution in [-0.4, -0.2) is 50.8 Å². The summed E-state index contributed by atoms with van der Waals surface area (Å²) in [5, 5.41) is 19.5. The number of aromatic amines is 1. The van der Waals surface area contributed by atoms with Crippen LogP contribution in [0.15, 0.2) is 52.6 Å². The van der Waals surface area contributed by atoms with E-state index < -0.39 is 0 Å². The van der Waals surface area contributed by atoms with Crippen LogP contribution in [0.1, 0.15) is 34.7 Å². The molecule has 0 bridgehead atoms. The van der Waals surface area contributed by atoms with Crippen LogP contribution in [0.2, 0.25) is 0 Å². The van der Waals surface area contributed by atoms with E-state index in [1.54, 1.807) is 31.2 Å². The zero-order valence-electron chi connectivity index (χ0n) is 19.4. The largest absolute Gasteiger partial charge is 0.354 e. The first-order chi connectivity index (χ1) is 16.5. The molecular weight excluding hydrogens is 448 g/mol. The average molecular weight is 475 g/mol. The van der Waals surface area contributed by atoms with Gasteiger partial charge in [-0.05, 0) is 44.0 Å². The molecule has 174 valence electrons. The van der Waals surface area contributed by atoms with Crippen LogP contribution < -0.4 is 10.2 Å². The lowest BCUT2D eigenvalue weighted by atomic mass is 10.3. The zero-order chi connectivity index (χ0) is 24.1. The normalized spacial score (nSPS) is 12.8. The van der Waals surface area contributed by atoms with Gasteiger partial charge >= 0.3 is 0 Å². The molecular formula is C24H26N8OS. The molecule has 3 aromatic heterocycles. The second-order valence-corrected chi connectivity index (χ2v) is 8.99. The Morgan fingerprint density at radius 1 is 1.21 bits per heavy atom. The monoisotopic (exact) mass is 474 g/mol. The number of carbonyl (C=O) groups is 1. The Hall–Kier alpha value is -3.84. The lowest BCUT2D eigenvalue weighted by Gasteiger charge is -2.15. The van der Waals surface area contributed by atoms with E-state index in [0.29, 0.717) is 11.4 Å². The van der Waals surface area contributed by atoms with Gasteiger partial charge in [0.25, 0.3) is 5.91 Å². The topological polar surface area (TPSA) is 116 Å². The number of aromatic nitrogens is 5. The van der Waals surface area contributed by atoms with Crippen molar-refractivity contribution in [3.8, 4) is 6.07 Å². The molecule has 1 amide bonds. The fourth-order valence-electron chi connectivity index (χ4n) is 3.80. The van der Waals surface area contributed by atoms with E-state index in [-0.39, 0.29) is 5.91 Å². The summed E-state index contributed by atoms with van der Waals surface area (Å²) in [5.74, 6) is 0.667. The van der Waals surface area contributed by atoms with Crippen molar-refractivity contribution < 1.29 is 4.79 Å². The number of amides is 1. The Labute approximate surface area is 202 Å². The van der Waals surface area contributed by atoms with Crippen molar-refractivity contribution in [1.29, 1.82) is 5.26 Å². The Bertz CT molecular complexity index is 1350. The number of nitrogens with one attached hydrogen (secondary N) is 2. The third-order valence-electron chi connectivity index (χ3n) is 5.78. The first-order valence-electron chi connectivity index (χ1n) is 11.0. The molecule has 1 aliphatic heterocycles. The van der Waals surface area contributed by atoms with Crippen LogP contribution in [0.5, 0.6) is 0 Å². The molecule has 10 heteroatoms. The first kappa shape index (κ1) is 23.3. The minimum absolute atomic E-state index is 0.0715. The third-order valence-corrected chi connectivity index (χ3v) is 6.90. The van der Waals surface area contributed by atoms with Gasteiger partial charge in [0.15, 0.2) is 11.5 Å². The zero-order valence-corrected chi connectivity index (χ0v) is 20.2. The van der Waals surface area contributed by atoms with Crippen molar-refractivity contribution in [2.45, 2.75) is 29.6 Å². The van der Waals surface area contributed by atoms with Crippen molar-refractivity contribution in [2.24, 2.45) is 7.05 Å². The summed E-state index contributed by atoms with van der Waals surface area (Å²) in [6.07, 6.45) is 7.36. The number of nitriles is 1. The molecule has 0 atom stereocenters. The molecule has 0 aliphatic carbocycles. The van der Waals surface area contributed by atoms with Gasteiger partial charge in [0.1, 0.15) is 11.8 Å². The molecule has 34 heavy (non-hydrogen) atoms. The number of fused-ring (bicyclic) bond motifs is 1. The summed E-state index contributed by atoms with van der Waals surface area (Å²) in [5.41, 5.74) is 3.20. The number of anilines is 1. The predicted octanol–water partition coefficient (Wildman–Crippen LogP) is 3.67. The highest BCUT2D eigenvalue weighted by molar-refractivity contribution is 7.99. The van der Waals surface area contributed by atoms with E-state index in [1.807, 2.05) is 36.9 Å². The second-order valence-electron chi connectivity index (χ2n) is 7.87. The molecule has 9 nitrogen and oxygen atoms in total. The van der Waals surface area contributed by atoms with Crippen LogP contribution >= 0.6 is 11.8 Å². The summed E-state index contributed by atoms with van der Waals surface area (Å²) in [7, 11) is 3.55. The number of hydrogen-bond acceptors (Lipinski definition) is 7. The molecule has 5 rings (SSSR count). The molecule has 2 N–H and O–H groups in total. The highest BCUT2D eigenvalue weighted by Gasteiger charge is 2.17. The molecule has 1 saturated heterocycles. The lowest BCUT2D eigenvalue weighted by molar-refractivity contribution is 0.0955. The van der Waals surface area contributed by atoms with Gasteiger partial charge in [-0.1, -0.05) is 11.8 Å². The molecule has 4 aromatic rings. The quantitative estimate of drug-likeness (QED) is 0.464. The van der Waals surface area contributed by atoms with E-state index in [1.165, 1.54) is 12.8 Å². The number of rotatable bonds is 4. The molecule has 0 saturated carbocycles. The number of nitrogens with zero attached hydrogens (tertiary/aromatic N) is 6. The molecule has 0 unspecified atom stereocenters. The van der Waals surface area contributed by atoms with Gasteiger partial charge in [-0.15, -0.1) is 0 Å². The number of carbonyl (C=O) groups excluding carboxylic acids is 1. The SMILES string of the molecule is CNC(=O)c1cc(Sc2ccc3[nH]ncc3c2)c(C)n1C.N#Cc1nccnc1N1CCCC1. The molecule has 1 fully saturated rings. The third kappa shape index (κ3) is 4.89. The van der Waals surface area contributed by atoms with Crippen LogP contribution in [0.25, 0.3) is 10.9 Å². The van der Waals surface area contributed by atoms with Crippen LogP contribution in [0.3, 0.4) is 0 Å². The van der Waals surface area contributed by atoms with Gasteiger partial charge in [-0.3, -0.25) is 9.89 Å². The summed E-state index contributed by atoms with van der Waals surface area (Å²) < 4.78 is 1.91. The fraction of sp³-hybridized carbons (Fsp3) is 0.292. The van der Waals surface area contributed by atoms with Crippen molar-refractivity contribution >= 4 is 34.4 Å². The van der Waals surface area contributed by atoms with Gasteiger partial charge in [0.05, 0.1) is 11.7 Å². The van der Waals surface area contributed by atoms with Gasteiger partial charge in [0.2, 0.25) is 0 Å². The highest BCUT2D eigenvalue weighted by Crippen LogP contribution is 2.33. The Morgan fingerprint density at radius 2 is 1.97 bits per heavy atom. The smallest absolute Gasteiger partial charge is 0.267 e. The summed E-state index contributed by atoms with van der Waals surface area (Å²) in [4.78, 5) is 24.3. The van der Waals surface area contributed by atoms with E-state index in [0.717, 1.165) is 45.3 Å². The maximum absolute atomic E-state index is 11.8. The molecule has 1 aromatic carbocycles. The molecule has 1 aliphatic rings. The number of benzene rings is 1. The van der Waals surface area contributed by atoms with Gasteiger partial charge in [0, 0.05) is 60.4 Å². The Balaban J connectivity index is 0.000000180. The Morgan fingerprint density at radius 3 is 2.71 bits per heavy atom. The molecule has 4 heterocycles. The van der Waals surface area contributed by atoms with Crippen molar-refractivity contribution in [2.75, 3.05) is 25.0 Å². The van der Waals surface area contributed by atoms with Crippen molar-refractivity contribution in [3.63, 3.8) is 0 Å². The fourth-order valence-corrected chi connectivity index (χ4v) is 4.83. The number of H-pyrrole nitrogens is 1. The van der Waals surface area contributed by atoms with E-state index in [9.17, 15) is 4.79 Å². The van der Waals surface area contributed by atoms with Gasteiger partial charge in [-0.25, -0.2) is 9.97 Å². The standard InChI is InChI=1S/C15H16N4OS.C9H10N4/c1-9-14(7-13(19(9)3)15(20)16-2)21-11-4-5-12-10(6-11)8-17-18-12;10-7-8-9(12-4-3-11-8)13-5-1-2-6-13/h4-8H,1-3H3,(H,16,20)(H,17,18);3-4H,1-2,5-6H2. The molecule has 0 radical (unpaired) electrons. The van der Waals surface area contributed by atoms with Crippen LogP contribution in [0, 0.1) is 18.3 Å². The highest BCUT2D eigenvalue weighted by atomic mass is 32.2. The predicted molar refractivity (Wildman–Crippen MR) is 132 cm³/mol. The van der Waals surface area contributed by atoms with E-state index in [2.05, 4.69) is 48.6 Å². The van der Waals surface area contributed by atoms with E-state index in [4.69, 9.17) is 5.26 Å². The van der Waals surface area contributed by atoms with Gasteiger partial charge < -0.3 is 14.8 Å². The summed E-state index contributed by atoms with van der Waals surface area (Å²) >= 11 is 1.65. The van der Waals surface area contributed by atoms with E-state index >= 15 is 0 Å². The number of hydrogen-bond donors (Lipinski definition) is 2. The maximum atomic E-state index is 11.8. The lowest BCUT2D eigenvalue weighted by Crippen LogP contribution is -2.20. The molecule has 0 spiro atoms. The average Bonchev–Trinajstić information content (AvgIpc) is 3.62. The van der Waals surface area contributed by atoms with Gasteiger partial charge in [-0.2, -0.15) is 10.4 Å². The first-order valence-corrected chi connectivity index (χ1v) is 11.8. The Kier molecular flexibility index (Phi) is 7.13. The van der Waals surface area contributed by atoms with Crippen molar-refractivity contribution in [1.82, 2.24) is 30.0 Å². The summed E-state index contributed by atoms with van der Waals surface area (Å²) in [6, 6.07) is 10.1.